The first kappa shape index (κ1) is 14.1. The average molecular weight is 299 g/mol. The van der Waals surface area contributed by atoms with Crippen LogP contribution in [0.3, 0.4) is 0 Å². The van der Waals surface area contributed by atoms with Crippen LogP contribution in [0.1, 0.15) is 37.7 Å². The molecule has 4 bridgehead atoms. The van der Waals surface area contributed by atoms with Crippen molar-refractivity contribution in [3.63, 3.8) is 0 Å². The summed E-state index contributed by atoms with van der Waals surface area (Å²) in [5.74, 6) is 5.25. The lowest BCUT2D eigenvalue weighted by Crippen LogP contribution is -2.47. The highest BCUT2D eigenvalue weighted by molar-refractivity contribution is 5.81. The molecule has 3 nitrogen and oxygen atoms in total. The lowest BCUT2D eigenvalue weighted by atomic mass is 9.54. The SMILES string of the molecule is COc1ccc(C=NC2C3CC4CC(C3)CC2C4)cc1OC. The smallest absolute Gasteiger partial charge is 0.161 e. The summed E-state index contributed by atoms with van der Waals surface area (Å²) < 4.78 is 10.7. The van der Waals surface area contributed by atoms with Crippen molar-refractivity contribution in [1.29, 1.82) is 0 Å². The Hall–Kier alpha value is -1.51. The number of hydrogen-bond acceptors (Lipinski definition) is 3. The Morgan fingerprint density at radius 3 is 2.14 bits per heavy atom. The van der Waals surface area contributed by atoms with Crippen molar-refractivity contribution in [2.75, 3.05) is 14.2 Å². The average Bonchev–Trinajstić information content (AvgIpc) is 2.53. The van der Waals surface area contributed by atoms with Gasteiger partial charge in [-0.3, -0.25) is 4.99 Å². The van der Waals surface area contributed by atoms with E-state index in [9.17, 15) is 0 Å². The maximum atomic E-state index is 5.38. The van der Waals surface area contributed by atoms with Crippen LogP contribution in [0.15, 0.2) is 23.2 Å². The maximum absolute atomic E-state index is 5.38. The van der Waals surface area contributed by atoms with E-state index in [0.717, 1.165) is 40.7 Å². The number of methoxy groups -OCH3 is 2. The van der Waals surface area contributed by atoms with Gasteiger partial charge in [-0.2, -0.15) is 0 Å². The van der Waals surface area contributed by atoms with Gasteiger partial charge in [0.15, 0.2) is 11.5 Å². The van der Waals surface area contributed by atoms with E-state index in [1.54, 1.807) is 14.2 Å². The van der Waals surface area contributed by atoms with E-state index in [-0.39, 0.29) is 0 Å². The van der Waals surface area contributed by atoms with Crippen LogP contribution in [0.5, 0.6) is 11.5 Å². The fourth-order valence-electron chi connectivity index (χ4n) is 5.25. The third-order valence-electron chi connectivity index (χ3n) is 5.98. The van der Waals surface area contributed by atoms with Gasteiger partial charge in [-0.15, -0.1) is 0 Å². The summed E-state index contributed by atoms with van der Waals surface area (Å²) in [4.78, 5) is 5.00. The Bertz CT molecular complexity index is 553. The van der Waals surface area contributed by atoms with Crippen LogP contribution >= 0.6 is 0 Å². The van der Waals surface area contributed by atoms with Gasteiger partial charge in [0, 0.05) is 6.21 Å². The molecular weight excluding hydrogens is 274 g/mol. The van der Waals surface area contributed by atoms with Crippen LogP contribution in [0, 0.1) is 23.7 Å². The predicted molar refractivity (Wildman–Crippen MR) is 88.0 cm³/mol. The summed E-state index contributed by atoms with van der Waals surface area (Å²) in [6.07, 6.45) is 9.22. The zero-order valence-electron chi connectivity index (χ0n) is 13.5. The van der Waals surface area contributed by atoms with Gasteiger partial charge in [0.25, 0.3) is 0 Å². The number of ether oxygens (including phenoxy) is 2. The molecule has 0 aliphatic heterocycles. The summed E-state index contributed by atoms with van der Waals surface area (Å²) in [7, 11) is 3.34. The van der Waals surface area contributed by atoms with Crippen LogP contribution in [0.25, 0.3) is 0 Å². The van der Waals surface area contributed by atoms with Gasteiger partial charge >= 0.3 is 0 Å². The second kappa shape index (κ2) is 5.60. The fraction of sp³-hybridized carbons (Fsp3) is 0.632. The van der Waals surface area contributed by atoms with Crippen LogP contribution < -0.4 is 9.47 Å². The molecule has 0 N–H and O–H groups in total. The van der Waals surface area contributed by atoms with Crippen molar-refractivity contribution >= 4 is 6.21 Å². The predicted octanol–water partition coefficient (Wildman–Crippen LogP) is 3.95. The number of aliphatic imine (C=N–C) groups is 1. The summed E-state index contributed by atoms with van der Waals surface area (Å²) >= 11 is 0. The van der Waals surface area contributed by atoms with Crippen molar-refractivity contribution in [2.45, 2.75) is 38.1 Å². The molecule has 4 aliphatic carbocycles. The molecule has 0 aromatic heterocycles. The lowest BCUT2D eigenvalue weighted by molar-refractivity contribution is 0.00146. The van der Waals surface area contributed by atoms with Crippen LogP contribution in [-0.2, 0) is 0 Å². The Balaban J connectivity index is 1.52. The van der Waals surface area contributed by atoms with E-state index in [4.69, 9.17) is 14.5 Å². The van der Waals surface area contributed by atoms with E-state index >= 15 is 0 Å². The third-order valence-corrected chi connectivity index (χ3v) is 5.98. The van der Waals surface area contributed by atoms with Gasteiger partial charge < -0.3 is 9.47 Å². The Morgan fingerprint density at radius 1 is 0.909 bits per heavy atom. The topological polar surface area (TPSA) is 30.8 Å². The molecule has 22 heavy (non-hydrogen) atoms. The zero-order valence-corrected chi connectivity index (χ0v) is 13.5. The molecule has 4 saturated carbocycles. The summed E-state index contributed by atoms with van der Waals surface area (Å²) in [5.41, 5.74) is 1.10. The van der Waals surface area contributed by atoms with Gasteiger partial charge in [0.2, 0.25) is 0 Å². The molecule has 4 aliphatic rings. The molecule has 0 spiro atoms. The standard InChI is InChI=1S/C19H25NO2/c1-21-17-4-3-12(10-18(17)22-2)11-20-19-15-6-13-5-14(8-15)9-16(19)7-13/h3-4,10-11,13-16,19H,5-9H2,1-2H3. The van der Waals surface area contributed by atoms with Crippen molar-refractivity contribution in [3.8, 4) is 11.5 Å². The van der Waals surface area contributed by atoms with Crippen molar-refractivity contribution in [3.05, 3.63) is 23.8 Å². The lowest BCUT2D eigenvalue weighted by Gasteiger charge is -2.53. The monoisotopic (exact) mass is 299 g/mol. The fourth-order valence-corrected chi connectivity index (χ4v) is 5.25. The second-order valence-electron chi connectivity index (χ2n) is 7.31. The molecule has 0 radical (unpaired) electrons. The molecule has 0 amide bonds. The van der Waals surface area contributed by atoms with E-state index in [2.05, 4.69) is 12.3 Å². The molecule has 118 valence electrons. The van der Waals surface area contributed by atoms with E-state index in [1.165, 1.54) is 32.1 Å². The number of nitrogens with zero attached hydrogens (tertiary/aromatic N) is 1. The second-order valence-corrected chi connectivity index (χ2v) is 7.31. The highest BCUT2D eigenvalue weighted by Gasteiger charge is 2.47. The summed E-state index contributed by atoms with van der Waals surface area (Å²) in [5, 5.41) is 0. The van der Waals surface area contributed by atoms with Crippen LogP contribution in [0.2, 0.25) is 0 Å². The molecule has 0 atom stereocenters. The summed E-state index contributed by atoms with van der Waals surface area (Å²) in [6.45, 7) is 0. The maximum Gasteiger partial charge on any atom is 0.161 e. The quantitative estimate of drug-likeness (QED) is 0.788. The van der Waals surface area contributed by atoms with Crippen molar-refractivity contribution in [2.24, 2.45) is 28.7 Å². The molecule has 4 fully saturated rings. The first-order chi connectivity index (χ1) is 10.8. The van der Waals surface area contributed by atoms with E-state index in [0.29, 0.717) is 6.04 Å². The first-order valence-corrected chi connectivity index (χ1v) is 8.52. The first-order valence-electron chi connectivity index (χ1n) is 8.52. The minimum Gasteiger partial charge on any atom is -0.493 e. The van der Waals surface area contributed by atoms with Crippen molar-refractivity contribution in [1.82, 2.24) is 0 Å². The van der Waals surface area contributed by atoms with Gasteiger partial charge in [0.05, 0.1) is 20.3 Å². The minimum absolute atomic E-state index is 0.556. The molecule has 5 rings (SSSR count). The van der Waals surface area contributed by atoms with Gasteiger partial charge in [-0.1, -0.05) is 0 Å². The molecular formula is C19H25NO2. The molecule has 3 heteroatoms. The normalized spacial score (nSPS) is 36.0. The van der Waals surface area contributed by atoms with E-state index in [1.807, 2.05) is 12.1 Å². The van der Waals surface area contributed by atoms with E-state index < -0.39 is 0 Å². The highest BCUT2D eigenvalue weighted by Crippen LogP contribution is 2.54. The highest BCUT2D eigenvalue weighted by atomic mass is 16.5. The van der Waals surface area contributed by atoms with Gasteiger partial charge in [-0.05, 0) is 79.5 Å². The summed E-state index contributed by atoms with van der Waals surface area (Å²) in [6, 6.07) is 6.58. The number of benzene rings is 1. The van der Waals surface area contributed by atoms with Crippen LogP contribution in [-0.4, -0.2) is 26.5 Å². The van der Waals surface area contributed by atoms with Crippen molar-refractivity contribution < 1.29 is 9.47 Å². The molecule has 0 unspecified atom stereocenters. The minimum atomic E-state index is 0.556. The molecule has 0 heterocycles. The molecule has 1 aromatic carbocycles. The Labute approximate surface area is 132 Å². The Kier molecular flexibility index (Phi) is 3.59. The van der Waals surface area contributed by atoms with Gasteiger partial charge in [0.1, 0.15) is 0 Å². The third kappa shape index (κ3) is 2.41. The zero-order chi connectivity index (χ0) is 15.1. The molecule has 1 aromatic rings. The largest absolute Gasteiger partial charge is 0.493 e. The van der Waals surface area contributed by atoms with Gasteiger partial charge in [-0.25, -0.2) is 0 Å². The Morgan fingerprint density at radius 2 is 1.55 bits per heavy atom. The number of rotatable bonds is 4. The number of hydrogen-bond donors (Lipinski definition) is 0. The van der Waals surface area contributed by atoms with Crippen LogP contribution in [0.4, 0.5) is 0 Å². The molecule has 0 saturated heterocycles.